The van der Waals surface area contributed by atoms with Crippen molar-refractivity contribution in [3.05, 3.63) is 109 Å². The number of fused-ring (bicyclic) bond motifs is 2. The third kappa shape index (κ3) is 4.51. The van der Waals surface area contributed by atoms with Crippen molar-refractivity contribution in [2.75, 3.05) is 0 Å². The fourth-order valence-electron chi connectivity index (χ4n) is 4.63. The van der Waals surface area contributed by atoms with Gasteiger partial charge in [-0.15, -0.1) is 0 Å². The molecule has 9 heteroatoms. The second-order valence-electron chi connectivity index (χ2n) is 9.19. The summed E-state index contributed by atoms with van der Waals surface area (Å²) in [6.07, 6.45) is 7.22. The van der Waals surface area contributed by atoms with Crippen LogP contribution in [0.2, 0.25) is 0 Å². The minimum atomic E-state index is 0.614. The average molecular weight is 510 g/mol. The van der Waals surface area contributed by atoms with Gasteiger partial charge in [-0.25, -0.2) is 9.97 Å². The second-order valence-corrected chi connectivity index (χ2v) is 9.19. The van der Waals surface area contributed by atoms with E-state index in [0.29, 0.717) is 23.8 Å². The third-order valence-electron chi connectivity index (χ3n) is 6.53. The van der Waals surface area contributed by atoms with Crippen LogP contribution in [0.4, 0.5) is 0 Å². The van der Waals surface area contributed by atoms with E-state index in [2.05, 4.69) is 53.6 Å². The molecular weight excluding hydrogens is 486 g/mol. The number of aromatic amines is 2. The second kappa shape index (κ2) is 9.88. The molecule has 0 spiro atoms. The molecule has 0 saturated carbocycles. The van der Waals surface area contributed by atoms with Crippen LogP contribution in [0, 0.1) is 0 Å². The topological polar surface area (TPSA) is 121 Å². The van der Waals surface area contributed by atoms with E-state index in [4.69, 9.17) is 9.97 Å². The highest BCUT2D eigenvalue weighted by molar-refractivity contribution is 5.94. The average Bonchev–Trinajstić information content (AvgIpc) is 3.62. The van der Waals surface area contributed by atoms with Gasteiger partial charge in [0.25, 0.3) is 0 Å². The van der Waals surface area contributed by atoms with Crippen molar-refractivity contribution in [1.82, 2.24) is 45.4 Å². The van der Waals surface area contributed by atoms with Crippen LogP contribution in [0.25, 0.3) is 56.2 Å². The van der Waals surface area contributed by atoms with E-state index in [1.165, 1.54) is 5.56 Å². The van der Waals surface area contributed by atoms with Crippen LogP contribution in [0.15, 0.2) is 97.6 Å². The fourth-order valence-corrected chi connectivity index (χ4v) is 4.63. The molecule has 1 aromatic carbocycles. The normalized spacial score (nSPS) is 11.4. The summed E-state index contributed by atoms with van der Waals surface area (Å²) < 4.78 is 0. The largest absolute Gasteiger partial charge is 0.336 e. The van der Waals surface area contributed by atoms with Gasteiger partial charge in [0.2, 0.25) is 0 Å². The van der Waals surface area contributed by atoms with Crippen molar-refractivity contribution in [3.63, 3.8) is 0 Å². The maximum absolute atomic E-state index is 4.96. The Kier molecular flexibility index (Phi) is 5.80. The van der Waals surface area contributed by atoms with Crippen LogP contribution >= 0.6 is 0 Å². The van der Waals surface area contributed by atoms with Crippen molar-refractivity contribution >= 4 is 22.1 Å². The number of pyridine rings is 4. The molecule has 3 N–H and O–H groups in total. The molecule has 0 saturated heterocycles. The van der Waals surface area contributed by atoms with Gasteiger partial charge >= 0.3 is 0 Å². The maximum Gasteiger partial charge on any atom is 0.161 e. The summed E-state index contributed by atoms with van der Waals surface area (Å²) in [5, 5.41) is 11.1. The third-order valence-corrected chi connectivity index (χ3v) is 6.53. The van der Waals surface area contributed by atoms with Crippen molar-refractivity contribution in [2.24, 2.45) is 0 Å². The van der Waals surface area contributed by atoms with Crippen molar-refractivity contribution < 1.29 is 0 Å². The number of hydrogen-bond acceptors (Lipinski definition) is 7. The Morgan fingerprint density at radius 3 is 2.44 bits per heavy atom. The van der Waals surface area contributed by atoms with E-state index >= 15 is 0 Å². The molecule has 6 heterocycles. The smallest absolute Gasteiger partial charge is 0.161 e. The van der Waals surface area contributed by atoms with Gasteiger partial charge in [0.05, 0.1) is 22.4 Å². The van der Waals surface area contributed by atoms with Gasteiger partial charge in [-0.2, -0.15) is 5.10 Å². The standard InChI is InChI=1S/C30H23N9/c1-2-6-19(7-3-1)15-31-16-20-14-21(18-32-17-20)22-9-10-25-28(35-22)29(39-38-25)30-36-24-11-13-34-26(27(24)37-30)23-8-4-5-12-33-23/h1-14,17-18,31H,15-16H2,(H,36,37)(H,38,39). The minimum absolute atomic E-state index is 0.614. The lowest BCUT2D eigenvalue weighted by Crippen LogP contribution is -2.12. The molecule has 0 atom stereocenters. The highest BCUT2D eigenvalue weighted by atomic mass is 15.2. The highest BCUT2D eigenvalue weighted by Gasteiger charge is 2.17. The number of nitrogens with one attached hydrogen (secondary N) is 3. The minimum Gasteiger partial charge on any atom is -0.336 e. The summed E-state index contributed by atoms with van der Waals surface area (Å²) in [5.74, 6) is 0.614. The quantitative estimate of drug-likeness (QED) is 0.266. The number of hydrogen-bond donors (Lipinski definition) is 3. The molecule has 0 amide bonds. The van der Waals surface area contributed by atoms with Gasteiger partial charge < -0.3 is 10.3 Å². The number of H-pyrrole nitrogens is 2. The first-order valence-corrected chi connectivity index (χ1v) is 12.6. The Labute approximate surface area is 223 Å². The Morgan fingerprint density at radius 2 is 1.54 bits per heavy atom. The molecule has 0 unspecified atom stereocenters. The van der Waals surface area contributed by atoms with Crippen LogP contribution in [0.1, 0.15) is 11.1 Å². The molecule has 6 aromatic heterocycles. The summed E-state index contributed by atoms with van der Waals surface area (Å²) in [5.41, 5.74) is 9.35. The lowest BCUT2D eigenvalue weighted by atomic mass is 10.1. The van der Waals surface area contributed by atoms with E-state index < -0.39 is 0 Å². The van der Waals surface area contributed by atoms with E-state index in [9.17, 15) is 0 Å². The van der Waals surface area contributed by atoms with E-state index in [0.717, 1.165) is 51.1 Å². The van der Waals surface area contributed by atoms with Crippen molar-refractivity contribution in [1.29, 1.82) is 0 Å². The van der Waals surface area contributed by atoms with Gasteiger partial charge in [-0.1, -0.05) is 36.4 Å². The molecule has 7 rings (SSSR count). The highest BCUT2D eigenvalue weighted by Crippen LogP contribution is 2.30. The van der Waals surface area contributed by atoms with E-state index in [1.54, 1.807) is 12.4 Å². The maximum atomic E-state index is 4.96. The summed E-state index contributed by atoms with van der Waals surface area (Å²) in [6.45, 7) is 1.50. The molecule has 9 nitrogen and oxygen atoms in total. The summed E-state index contributed by atoms with van der Waals surface area (Å²) >= 11 is 0. The molecule has 188 valence electrons. The Bertz CT molecular complexity index is 1890. The van der Waals surface area contributed by atoms with Gasteiger partial charge in [-0.3, -0.25) is 20.1 Å². The molecule has 0 bridgehead atoms. The monoisotopic (exact) mass is 509 g/mol. The van der Waals surface area contributed by atoms with Crippen molar-refractivity contribution in [3.8, 4) is 34.2 Å². The predicted molar refractivity (Wildman–Crippen MR) is 150 cm³/mol. The molecular formula is C30H23N9. The number of nitrogens with zero attached hydrogens (tertiary/aromatic N) is 6. The summed E-state index contributed by atoms with van der Waals surface area (Å²) in [6, 6.07) is 24.1. The molecule has 0 aliphatic rings. The first-order valence-electron chi connectivity index (χ1n) is 12.6. The molecule has 0 radical (unpaired) electrons. The van der Waals surface area contributed by atoms with Gasteiger partial charge in [0.1, 0.15) is 16.7 Å². The van der Waals surface area contributed by atoms with Crippen LogP contribution in [0.5, 0.6) is 0 Å². The number of benzene rings is 1. The predicted octanol–water partition coefficient (Wildman–Crippen LogP) is 5.31. The van der Waals surface area contributed by atoms with E-state index in [-0.39, 0.29) is 0 Å². The Hall–Kier alpha value is -5.28. The lowest BCUT2D eigenvalue weighted by molar-refractivity contribution is 0.691. The molecule has 0 aliphatic carbocycles. The number of rotatable bonds is 7. The van der Waals surface area contributed by atoms with Gasteiger partial charge in [0.15, 0.2) is 11.5 Å². The van der Waals surface area contributed by atoms with E-state index in [1.807, 2.05) is 67.0 Å². The molecule has 0 aliphatic heterocycles. The molecule has 7 aromatic rings. The first-order chi connectivity index (χ1) is 19.3. The van der Waals surface area contributed by atoms with Gasteiger partial charge in [-0.05, 0) is 47.5 Å². The van der Waals surface area contributed by atoms with Crippen molar-refractivity contribution in [2.45, 2.75) is 13.1 Å². The Balaban J connectivity index is 1.20. The van der Waals surface area contributed by atoms with Crippen LogP contribution < -0.4 is 5.32 Å². The number of aromatic nitrogens is 8. The zero-order valence-electron chi connectivity index (χ0n) is 20.8. The lowest BCUT2D eigenvalue weighted by Gasteiger charge is -2.07. The Morgan fingerprint density at radius 1 is 0.667 bits per heavy atom. The summed E-state index contributed by atoms with van der Waals surface area (Å²) in [4.78, 5) is 26.6. The van der Waals surface area contributed by atoms with Crippen LogP contribution in [0.3, 0.4) is 0 Å². The van der Waals surface area contributed by atoms with Crippen LogP contribution in [-0.4, -0.2) is 40.1 Å². The first kappa shape index (κ1) is 22.9. The SMILES string of the molecule is c1ccc(CNCc2cncc(-c3ccc4[nH]nc(-c5nc6c(-c7ccccn7)nccc6[nH]5)c4n3)c2)cc1. The molecule has 39 heavy (non-hydrogen) atoms. The zero-order valence-corrected chi connectivity index (χ0v) is 20.8. The molecule has 0 fully saturated rings. The number of imidazole rings is 1. The van der Waals surface area contributed by atoms with Gasteiger partial charge in [0, 0.05) is 43.4 Å². The fraction of sp³-hybridized carbons (Fsp3) is 0.0667. The zero-order chi connectivity index (χ0) is 26.0. The van der Waals surface area contributed by atoms with Crippen LogP contribution in [-0.2, 0) is 13.1 Å². The summed E-state index contributed by atoms with van der Waals surface area (Å²) in [7, 11) is 0.